The van der Waals surface area contributed by atoms with Crippen molar-refractivity contribution in [3.63, 3.8) is 0 Å². The van der Waals surface area contributed by atoms with Crippen LogP contribution in [0.15, 0.2) is 30.3 Å². The first kappa shape index (κ1) is 33.7. The van der Waals surface area contributed by atoms with Crippen LogP contribution >= 0.6 is 0 Å². The maximum Gasteiger partial charge on any atom is 0.511 e. The molecule has 0 aliphatic heterocycles. The number of carbonyl (C=O) groups excluding carboxylic acids is 3. The molecule has 0 bridgehead atoms. The molecule has 0 aliphatic rings. The van der Waals surface area contributed by atoms with Crippen LogP contribution < -0.4 is 5.32 Å². The maximum atomic E-state index is 12.8. The zero-order chi connectivity index (χ0) is 30.1. The predicted molar refractivity (Wildman–Crippen MR) is 135 cm³/mol. The van der Waals surface area contributed by atoms with E-state index in [1.807, 2.05) is 30.3 Å². The number of nitrogens with zero attached hydrogens (tertiary/aromatic N) is 2. The Labute approximate surface area is 230 Å². The summed E-state index contributed by atoms with van der Waals surface area (Å²) in [6.45, 7) is 5.53. The summed E-state index contributed by atoms with van der Waals surface area (Å²) in [4.78, 5) is 66.1. The lowest BCUT2D eigenvalue weighted by atomic mass is 10.1. The van der Waals surface area contributed by atoms with E-state index < -0.39 is 59.0 Å². The van der Waals surface area contributed by atoms with Gasteiger partial charge in [0, 0.05) is 6.92 Å². The molecule has 0 heterocycles. The summed E-state index contributed by atoms with van der Waals surface area (Å²) in [7, 11) is 0. The molecule has 0 fully saturated rings. The second kappa shape index (κ2) is 17.3. The first-order valence-corrected chi connectivity index (χ1v) is 12.4. The van der Waals surface area contributed by atoms with E-state index in [1.165, 1.54) is 6.92 Å². The van der Waals surface area contributed by atoms with E-state index >= 15 is 0 Å². The van der Waals surface area contributed by atoms with Crippen LogP contribution in [0.5, 0.6) is 0 Å². The van der Waals surface area contributed by atoms with Crippen molar-refractivity contribution in [2.45, 2.75) is 83.8 Å². The Morgan fingerprint density at radius 3 is 2.25 bits per heavy atom. The van der Waals surface area contributed by atoms with Crippen LogP contribution in [0.2, 0.25) is 0 Å². The Kier molecular flexibility index (Phi) is 14.5. The van der Waals surface area contributed by atoms with Gasteiger partial charge in [-0.3, -0.25) is 0 Å². The molecule has 0 aliphatic carbocycles. The molecule has 16 heteroatoms. The lowest BCUT2D eigenvalue weighted by Gasteiger charge is -2.24. The van der Waals surface area contributed by atoms with Gasteiger partial charge in [0.05, 0.1) is 6.61 Å². The van der Waals surface area contributed by atoms with Crippen LogP contribution in [0, 0.1) is 20.2 Å². The summed E-state index contributed by atoms with van der Waals surface area (Å²) < 4.78 is 20.2. The van der Waals surface area contributed by atoms with Crippen molar-refractivity contribution in [3.8, 4) is 0 Å². The minimum atomic E-state index is -1.35. The number of benzene rings is 1. The van der Waals surface area contributed by atoms with Crippen LogP contribution in [0.25, 0.3) is 0 Å². The average molecular weight is 574 g/mol. The third kappa shape index (κ3) is 16.5. The van der Waals surface area contributed by atoms with Gasteiger partial charge in [-0.1, -0.05) is 30.3 Å². The van der Waals surface area contributed by atoms with Gasteiger partial charge in [0.2, 0.25) is 6.29 Å². The van der Waals surface area contributed by atoms with E-state index in [0.29, 0.717) is 6.42 Å². The average Bonchev–Trinajstić information content (AvgIpc) is 2.83. The molecule has 0 saturated carbocycles. The van der Waals surface area contributed by atoms with Crippen LogP contribution in [0.1, 0.15) is 58.9 Å². The van der Waals surface area contributed by atoms with Gasteiger partial charge in [-0.15, -0.1) is 20.2 Å². The summed E-state index contributed by atoms with van der Waals surface area (Å²) in [6, 6.07) is 8.18. The van der Waals surface area contributed by atoms with Crippen LogP contribution in [-0.2, 0) is 39.8 Å². The van der Waals surface area contributed by atoms with Gasteiger partial charge in [0.15, 0.2) is 0 Å². The number of aryl methyl sites for hydroxylation is 1. The van der Waals surface area contributed by atoms with Gasteiger partial charge in [-0.05, 0) is 58.4 Å². The molecule has 3 atom stereocenters. The molecule has 1 aromatic rings. The summed E-state index contributed by atoms with van der Waals surface area (Å²) in [6.07, 6.45) is -3.35. The predicted octanol–water partition coefficient (Wildman–Crippen LogP) is 3.51. The number of ether oxygens (including phenoxy) is 4. The Balaban J connectivity index is 2.51. The van der Waals surface area contributed by atoms with E-state index in [1.54, 1.807) is 20.8 Å². The first-order valence-electron chi connectivity index (χ1n) is 12.4. The topological polar surface area (TPSA) is 205 Å². The summed E-state index contributed by atoms with van der Waals surface area (Å²) in [5.41, 5.74) is 0.141. The number of carbonyl (C=O) groups is 3. The minimum absolute atomic E-state index is 0.0241. The molecular formula is C24H35N3O13. The van der Waals surface area contributed by atoms with Gasteiger partial charge < -0.3 is 33.9 Å². The molecule has 0 aromatic heterocycles. The van der Waals surface area contributed by atoms with E-state index in [0.717, 1.165) is 5.56 Å². The Morgan fingerprint density at radius 1 is 0.975 bits per heavy atom. The summed E-state index contributed by atoms with van der Waals surface area (Å²) >= 11 is 0. The molecule has 40 heavy (non-hydrogen) atoms. The van der Waals surface area contributed by atoms with E-state index in [4.69, 9.17) is 18.9 Å². The molecule has 16 nitrogen and oxygen atoms in total. The van der Waals surface area contributed by atoms with Gasteiger partial charge >= 0.3 is 18.2 Å². The number of hydrogen-bond acceptors (Lipinski definition) is 13. The lowest BCUT2D eigenvalue weighted by molar-refractivity contribution is -0.790. The van der Waals surface area contributed by atoms with E-state index in [9.17, 15) is 34.6 Å². The normalized spacial score (nSPS) is 13.1. The smallest absolute Gasteiger partial charge is 0.444 e. The molecule has 0 spiro atoms. The van der Waals surface area contributed by atoms with Crippen LogP contribution in [0.3, 0.4) is 0 Å². The highest BCUT2D eigenvalue weighted by molar-refractivity contribution is 5.81. The molecule has 1 aromatic carbocycles. The van der Waals surface area contributed by atoms with Gasteiger partial charge in [-0.2, -0.15) is 0 Å². The van der Waals surface area contributed by atoms with Gasteiger partial charge in [0.1, 0.15) is 24.4 Å². The van der Waals surface area contributed by atoms with Crippen molar-refractivity contribution in [2.24, 2.45) is 0 Å². The number of unbranched alkanes of at least 4 members (excludes halogenated alkanes) is 1. The number of amides is 1. The van der Waals surface area contributed by atoms with Crippen molar-refractivity contribution < 1.29 is 53.2 Å². The highest BCUT2D eigenvalue weighted by Crippen LogP contribution is 2.12. The monoisotopic (exact) mass is 573 g/mol. The lowest BCUT2D eigenvalue weighted by Crippen LogP contribution is -2.45. The molecule has 0 saturated heterocycles. The van der Waals surface area contributed by atoms with E-state index in [2.05, 4.69) is 15.0 Å². The van der Waals surface area contributed by atoms with Crippen LogP contribution in [0.4, 0.5) is 9.59 Å². The standard InChI is InChI=1S/C24H35N3O13/c1-17(38-23(30)35-15-9-8-12-19(40-27(33)34)16-36-26(31)32)37-21(28)20(25-22(29)39-24(2,3)4)14-13-18-10-6-5-7-11-18/h5-7,10-11,17,19-20H,8-9,12-16H2,1-4H3,(H,25,29). The van der Waals surface area contributed by atoms with Crippen LogP contribution in [-0.4, -0.2) is 65.6 Å². The fourth-order valence-corrected chi connectivity index (χ4v) is 3.16. The third-order valence-electron chi connectivity index (χ3n) is 4.83. The fourth-order valence-electron chi connectivity index (χ4n) is 3.16. The number of rotatable bonds is 17. The quantitative estimate of drug-likeness (QED) is 0.0708. The third-order valence-corrected chi connectivity index (χ3v) is 4.83. The molecule has 3 unspecified atom stereocenters. The Hall–Kier alpha value is -4.37. The minimum Gasteiger partial charge on any atom is -0.444 e. The van der Waals surface area contributed by atoms with Crippen molar-refractivity contribution in [2.75, 3.05) is 13.2 Å². The second-order valence-corrected chi connectivity index (χ2v) is 9.41. The summed E-state index contributed by atoms with van der Waals surface area (Å²) in [5, 5.41) is 21.0. The largest absolute Gasteiger partial charge is 0.511 e. The summed E-state index contributed by atoms with van der Waals surface area (Å²) in [5.74, 6) is -0.851. The highest BCUT2D eigenvalue weighted by Gasteiger charge is 2.28. The van der Waals surface area contributed by atoms with Gasteiger partial charge in [-0.25, -0.2) is 14.4 Å². The fraction of sp³-hybridized carbons (Fsp3) is 0.625. The highest BCUT2D eigenvalue weighted by atomic mass is 17.0. The Morgan fingerprint density at radius 2 is 1.65 bits per heavy atom. The van der Waals surface area contributed by atoms with Crippen molar-refractivity contribution in [3.05, 3.63) is 56.1 Å². The number of hydrogen-bond donors (Lipinski definition) is 1. The number of alkyl carbamates (subject to hydrolysis) is 1. The van der Waals surface area contributed by atoms with Crippen molar-refractivity contribution >= 4 is 18.2 Å². The zero-order valence-electron chi connectivity index (χ0n) is 22.8. The molecule has 1 N–H and O–H groups in total. The van der Waals surface area contributed by atoms with E-state index in [-0.39, 0.29) is 32.3 Å². The molecule has 0 radical (unpaired) electrons. The first-order chi connectivity index (χ1) is 18.7. The molecule has 1 rings (SSSR count). The zero-order valence-corrected chi connectivity index (χ0v) is 22.8. The SMILES string of the molecule is CC(OC(=O)OCCCCC(CO[N+](=O)[O-])O[N+](=O)[O-])OC(=O)C(CCc1ccccc1)NC(=O)OC(C)(C)C. The number of nitrogens with one attached hydrogen (secondary N) is 1. The molecule has 224 valence electrons. The molecular weight excluding hydrogens is 538 g/mol. The second-order valence-electron chi connectivity index (χ2n) is 9.41. The Bertz CT molecular complexity index is 969. The van der Waals surface area contributed by atoms with Crippen molar-refractivity contribution in [1.29, 1.82) is 0 Å². The number of esters is 1. The van der Waals surface area contributed by atoms with Crippen molar-refractivity contribution in [1.82, 2.24) is 5.32 Å². The maximum absolute atomic E-state index is 12.8. The van der Waals surface area contributed by atoms with Gasteiger partial charge in [0.25, 0.3) is 10.2 Å². The molecule has 1 amide bonds.